The Morgan fingerprint density at radius 1 is 0.875 bits per heavy atom. The van der Waals surface area contributed by atoms with Gasteiger partial charge in [0.1, 0.15) is 12.6 Å². The maximum Gasteiger partial charge on any atom is 0.412 e. The molecule has 0 radical (unpaired) electrons. The van der Waals surface area contributed by atoms with Crippen LogP contribution in [0.2, 0.25) is 0 Å². The van der Waals surface area contributed by atoms with Gasteiger partial charge in [0, 0.05) is 11.1 Å². The smallest absolute Gasteiger partial charge is 0.412 e. The number of carbonyl (C=O) groups is 2. The molecule has 3 aromatic rings. The summed E-state index contributed by atoms with van der Waals surface area (Å²) in [6, 6.07) is 12.8. The zero-order chi connectivity index (χ0) is 23.0. The van der Waals surface area contributed by atoms with Crippen LogP contribution in [-0.4, -0.2) is 23.4 Å². The molecule has 32 heavy (non-hydrogen) atoms. The molecule has 3 aromatic carbocycles. The minimum Gasteiger partial charge on any atom is -0.430 e. The van der Waals surface area contributed by atoms with E-state index in [-0.39, 0.29) is 11.1 Å². The van der Waals surface area contributed by atoms with Crippen LogP contribution in [0.1, 0.15) is 22.7 Å². The third kappa shape index (κ3) is 3.45. The monoisotopic (exact) mass is 444 g/mol. The van der Waals surface area contributed by atoms with Crippen LogP contribution in [0.25, 0.3) is 0 Å². The van der Waals surface area contributed by atoms with Crippen molar-refractivity contribution in [2.75, 3.05) is 6.54 Å². The number of ether oxygens (including phenoxy) is 1. The number of nitrogens with zero attached hydrogens (tertiary/aromatic N) is 1. The standard InChI is InChI=1S/C23H16F4N2O3/c24-16-8-6-14(10-18(16)26)23(15-7-9-17(25)19(27)11-15)21(13-4-2-1-3-5-13)29(12-20(28)30)22(31)32-23/h1-11,21H,12H2,(H2,28,30)/t21-/m0/s1. The maximum atomic E-state index is 14.3. The van der Waals surface area contributed by atoms with E-state index in [1.54, 1.807) is 30.3 Å². The van der Waals surface area contributed by atoms with Crippen molar-refractivity contribution in [3.05, 3.63) is 107 Å². The van der Waals surface area contributed by atoms with E-state index in [2.05, 4.69) is 0 Å². The number of nitrogens with two attached hydrogens (primary N) is 1. The molecule has 1 atom stereocenters. The highest BCUT2D eigenvalue weighted by atomic mass is 19.2. The Balaban J connectivity index is 2.06. The van der Waals surface area contributed by atoms with Gasteiger partial charge in [0.25, 0.3) is 0 Å². The number of halogens is 4. The first-order valence-corrected chi connectivity index (χ1v) is 9.48. The van der Waals surface area contributed by atoms with Gasteiger partial charge in [-0.05, 0) is 29.8 Å². The fourth-order valence-corrected chi connectivity index (χ4v) is 4.01. The molecule has 1 aliphatic heterocycles. The van der Waals surface area contributed by atoms with Crippen LogP contribution in [0.5, 0.6) is 0 Å². The van der Waals surface area contributed by atoms with Gasteiger partial charge in [-0.15, -0.1) is 0 Å². The molecule has 2 N–H and O–H groups in total. The van der Waals surface area contributed by atoms with Gasteiger partial charge in [-0.2, -0.15) is 0 Å². The summed E-state index contributed by atoms with van der Waals surface area (Å²) in [6.07, 6.45) is -0.993. The molecular formula is C23H16F4N2O3. The first kappa shape index (κ1) is 21.4. The molecule has 9 heteroatoms. The second kappa shape index (κ2) is 7.99. The van der Waals surface area contributed by atoms with Crippen molar-refractivity contribution in [3.8, 4) is 0 Å². The molecule has 0 aliphatic carbocycles. The quantitative estimate of drug-likeness (QED) is 0.601. The highest BCUT2D eigenvalue weighted by molar-refractivity contribution is 5.83. The first-order chi connectivity index (χ1) is 15.2. The van der Waals surface area contributed by atoms with Gasteiger partial charge >= 0.3 is 6.09 Å². The van der Waals surface area contributed by atoms with Gasteiger partial charge in [0.15, 0.2) is 28.9 Å². The zero-order valence-corrected chi connectivity index (χ0v) is 16.4. The van der Waals surface area contributed by atoms with Gasteiger partial charge < -0.3 is 10.5 Å². The fraction of sp³-hybridized carbons (Fsp3) is 0.130. The highest BCUT2D eigenvalue weighted by Gasteiger charge is 2.57. The summed E-state index contributed by atoms with van der Waals surface area (Å²) in [5.41, 5.74) is 3.72. The Kier molecular flexibility index (Phi) is 5.33. The molecule has 1 aliphatic rings. The molecule has 1 fully saturated rings. The summed E-state index contributed by atoms with van der Waals surface area (Å²) in [5.74, 6) is -5.62. The first-order valence-electron chi connectivity index (χ1n) is 9.48. The average Bonchev–Trinajstić information content (AvgIpc) is 3.05. The number of benzene rings is 3. The Labute approximate surface area is 180 Å². The van der Waals surface area contributed by atoms with Crippen LogP contribution in [0.15, 0.2) is 66.7 Å². The predicted molar refractivity (Wildman–Crippen MR) is 105 cm³/mol. The maximum absolute atomic E-state index is 14.3. The summed E-state index contributed by atoms with van der Waals surface area (Å²) in [6.45, 7) is -0.562. The molecule has 0 aromatic heterocycles. The van der Waals surface area contributed by atoms with E-state index in [0.717, 1.165) is 29.2 Å². The zero-order valence-electron chi connectivity index (χ0n) is 16.4. The van der Waals surface area contributed by atoms with E-state index in [4.69, 9.17) is 10.5 Å². The molecule has 1 heterocycles. The van der Waals surface area contributed by atoms with E-state index in [1.165, 1.54) is 12.1 Å². The van der Waals surface area contributed by atoms with E-state index in [9.17, 15) is 27.2 Å². The molecule has 2 amide bonds. The molecule has 164 valence electrons. The van der Waals surface area contributed by atoms with E-state index < -0.39 is 53.5 Å². The summed E-state index contributed by atoms with van der Waals surface area (Å²) in [4.78, 5) is 25.6. The van der Waals surface area contributed by atoms with Gasteiger partial charge in [0.05, 0.1) is 0 Å². The SMILES string of the molecule is NC(=O)CN1C(=O)OC(c2ccc(F)c(F)c2)(c2ccc(F)c(F)c2)[C@@H]1c1ccccc1. The second-order valence-electron chi connectivity index (χ2n) is 7.27. The Hall–Kier alpha value is -3.88. The summed E-state index contributed by atoms with van der Waals surface area (Å²) >= 11 is 0. The van der Waals surface area contributed by atoms with Gasteiger partial charge in [-0.25, -0.2) is 22.4 Å². The van der Waals surface area contributed by atoms with Crippen LogP contribution >= 0.6 is 0 Å². The third-order valence-electron chi connectivity index (χ3n) is 5.32. The van der Waals surface area contributed by atoms with Crippen molar-refractivity contribution in [3.63, 3.8) is 0 Å². The number of rotatable bonds is 5. The van der Waals surface area contributed by atoms with Gasteiger partial charge in [-0.3, -0.25) is 9.69 Å². The number of cyclic esters (lactones) is 1. The summed E-state index contributed by atoms with van der Waals surface area (Å²) in [5, 5.41) is 0. The lowest BCUT2D eigenvalue weighted by Crippen LogP contribution is -2.41. The van der Waals surface area contributed by atoms with Crippen molar-refractivity contribution in [2.24, 2.45) is 5.73 Å². The Morgan fingerprint density at radius 3 is 1.88 bits per heavy atom. The minimum atomic E-state index is -1.95. The van der Waals surface area contributed by atoms with E-state index >= 15 is 0 Å². The average molecular weight is 444 g/mol. The van der Waals surface area contributed by atoms with Crippen molar-refractivity contribution >= 4 is 12.0 Å². The Bertz CT molecular complexity index is 1150. The summed E-state index contributed by atoms with van der Waals surface area (Å²) in [7, 11) is 0. The molecule has 0 saturated carbocycles. The van der Waals surface area contributed by atoms with E-state index in [0.29, 0.717) is 5.56 Å². The van der Waals surface area contributed by atoms with E-state index in [1.807, 2.05) is 0 Å². The summed E-state index contributed by atoms with van der Waals surface area (Å²) < 4.78 is 61.6. The van der Waals surface area contributed by atoms with Crippen LogP contribution in [0.4, 0.5) is 22.4 Å². The number of amides is 2. The highest BCUT2D eigenvalue weighted by Crippen LogP contribution is 2.52. The molecule has 4 rings (SSSR count). The van der Waals surface area contributed by atoms with Crippen molar-refractivity contribution in [1.82, 2.24) is 4.90 Å². The molecule has 0 spiro atoms. The molecule has 0 bridgehead atoms. The topological polar surface area (TPSA) is 72.6 Å². The van der Waals surface area contributed by atoms with Crippen LogP contribution in [-0.2, 0) is 15.1 Å². The van der Waals surface area contributed by atoms with Gasteiger partial charge in [0.2, 0.25) is 5.91 Å². The minimum absolute atomic E-state index is 0.0448. The number of hydrogen-bond donors (Lipinski definition) is 1. The second-order valence-corrected chi connectivity index (χ2v) is 7.27. The van der Waals surface area contributed by atoms with Crippen molar-refractivity contribution < 1.29 is 31.9 Å². The number of carbonyl (C=O) groups excluding carboxylic acids is 2. The van der Waals surface area contributed by atoms with Gasteiger partial charge in [-0.1, -0.05) is 42.5 Å². The lowest BCUT2D eigenvalue weighted by molar-refractivity contribution is -0.118. The molecule has 0 unspecified atom stereocenters. The van der Waals surface area contributed by atoms with Crippen molar-refractivity contribution in [2.45, 2.75) is 11.6 Å². The Morgan fingerprint density at radius 2 is 1.41 bits per heavy atom. The fourth-order valence-electron chi connectivity index (χ4n) is 4.01. The van der Waals surface area contributed by atoms with Crippen molar-refractivity contribution in [1.29, 1.82) is 0 Å². The molecule has 5 nitrogen and oxygen atoms in total. The number of hydrogen-bond acceptors (Lipinski definition) is 3. The van der Waals surface area contributed by atoms with Crippen LogP contribution in [0.3, 0.4) is 0 Å². The van der Waals surface area contributed by atoms with Crippen LogP contribution < -0.4 is 5.73 Å². The lowest BCUT2D eigenvalue weighted by atomic mass is 9.77. The van der Waals surface area contributed by atoms with Crippen LogP contribution in [0, 0.1) is 23.3 Å². The largest absolute Gasteiger partial charge is 0.430 e. The molecule has 1 saturated heterocycles. The lowest BCUT2D eigenvalue weighted by Gasteiger charge is -2.36. The number of primary amides is 1. The third-order valence-corrected chi connectivity index (χ3v) is 5.32. The predicted octanol–water partition coefficient (Wildman–Crippen LogP) is 4.17. The molecular weight excluding hydrogens is 428 g/mol. The normalized spacial score (nSPS) is 17.3.